The molecule has 3 heteroatoms. The van der Waals surface area contributed by atoms with Crippen LogP contribution in [-0.4, -0.2) is 4.20 Å². The van der Waals surface area contributed by atoms with Crippen LogP contribution in [0.5, 0.6) is 0 Å². The number of benzene rings is 2. The highest BCUT2D eigenvalue weighted by Crippen LogP contribution is 2.39. The Bertz CT molecular complexity index is 551. The number of rotatable bonds is 1. The first-order valence-electron chi connectivity index (χ1n) is 5.46. The van der Waals surface area contributed by atoms with Gasteiger partial charge in [0.25, 0.3) is 0 Å². The van der Waals surface area contributed by atoms with Crippen LogP contribution in [0.1, 0.15) is 16.5 Å². The molecule has 2 aromatic carbocycles. The van der Waals surface area contributed by atoms with E-state index in [4.69, 9.17) is 12.2 Å². The highest BCUT2D eigenvalue weighted by molar-refractivity contribution is 8.24. The molecule has 1 unspecified atom stereocenters. The predicted octanol–water partition coefficient (Wildman–Crippen LogP) is 4.22. The van der Waals surface area contributed by atoms with Crippen molar-refractivity contribution in [3.8, 4) is 0 Å². The zero-order valence-electron chi connectivity index (χ0n) is 9.09. The largest absolute Gasteiger partial charge is 0.369 e. The first-order chi connectivity index (χ1) is 8.34. The first-order valence-corrected chi connectivity index (χ1v) is 6.75. The zero-order chi connectivity index (χ0) is 11.7. The summed E-state index contributed by atoms with van der Waals surface area (Å²) in [6.07, 6.45) is 0. The maximum atomic E-state index is 5.46. The summed E-state index contributed by atoms with van der Waals surface area (Å²) in [4.78, 5) is 0. The minimum Gasteiger partial charge on any atom is -0.369 e. The average Bonchev–Trinajstić information content (AvgIpc) is 2.40. The monoisotopic (exact) mass is 257 g/mol. The summed E-state index contributed by atoms with van der Waals surface area (Å²) in [7, 11) is 0. The molecular weight excluding hydrogens is 246 g/mol. The fourth-order valence-electron chi connectivity index (χ4n) is 1.91. The minimum absolute atomic E-state index is 0.221. The van der Waals surface area contributed by atoms with Crippen molar-refractivity contribution in [3.05, 3.63) is 65.7 Å². The van der Waals surface area contributed by atoms with Crippen LogP contribution in [0.4, 0.5) is 5.69 Å². The van der Waals surface area contributed by atoms with Gasteiger partial charge in [0, 0.05) is 11.3 Å². The standard InChI is InChI=1S/C14H11NS2/c16-14-11-8-4-5-9-12(11)15-13(17-14)10-6-2-1-3-7-10/h1-9,13,15H. The van der Waals surface area contributed by atoms with E-state index in [0.717, 1.165) is 15.4 Å². The Hall–Kier alpha value is -1.32. The topological polar surface area (TPSA) is 12.0 Å². The molecule has 0 saturated heterocycles. The fourth-order valence-corrected chi connectivity index (χ4v) is 3.37. The molecule has 1 atom stereocenters. The maximum Gasteiger partial charge on any atom is 0.103 e. The third kappa shape index (κ3) is 2.08. The van der Waals surface area contributed by atoms with Crippen LogP contribution >= 0.6 is 24.0 Å². The predicted molar refractivity (Wildman–Crippen MR) is 78.5 cm³/mol. The molecule has 1 aliphatic heterocycles. The zero-order valence-corrected chi connectivity index (χ0v) is 10.7. The number of fused-ring (bicyclic) bond motifs is 1. The van der Waals surface area contributed by atoms with Gasteiger partial charge in [-0.25, -0.2) is 0 Å². The molecule has 0 aromatic heterocycles. The van der Waals surface area contributed by atoms with Gasteiger partial charge in [0.1, 0.15) is 5.37 Å². The number of thioether (sulfide) groups is 1. The second-order valence-electron chi connectivity index (χ2n) is 3.89. The summed E-state index contributed by atoms with van der Waals surface area (Å²) < 4.78 is 0.966. The second kappa shape index (κ2) is 4.51. The van der Waals surface area contributed by atoms with E-state index in [2.05, 4.69) is 41.7 Å². The molecule has 0 bridgehead atoms. The molecule has 1 N–H and O–H groups in total. The summed E-state index contributed by atoms with van der Waals surface area (Å²) >= 11 is 7.16. The van der Waals surface area contributed by atoms with E-state index in [1.165, 1.54) is 5.56 Å². The van der Waals surface area contributed by atoms with Gasteiger partial charge in [-0.15, -0.1) is 0 Å². The van der Waals surface area contributed by atoms with E-state index < -0.39 is 0 Å². The van der Waals surface area contributed by atoms with Gasteiger partial charge in [-0.05, 0) is 11.6 Å². The highest BCUT2D eigenvalue weighted by Gasteiger charge is 2.22. The van der Waals surface area contributed by atoms with Gasteiger partial charge in [0.2, 0.25) is 0 Å². The summed E-state index contributed by atoms with van der Waals surface area (Å²) in [6, 6.07) is 18.6. The number of thiocarbonyl (C=S) groups is 1. The highest BCUT2D eigenvalue weighted by atomic mass is 32.2. The molecule has 0 fully saturated rings. The van der Waals surface area contributed by atoms with Crippen LogP contribution in [0, 0.1) is 0 Å². The van der Waals surface area contributed by atoms with Crippen molar-refractivity contribution < 1.29 is 0 Å². The Morgan fingerprint density at radius 2 is 1.65 bits per heavy atom. The van der Waals surface area contributed by atoms with Gasteiger partial charge in [0.15, 0.2) is 0 Å². The SMILES string of the molecule is S=C1SC(c2ccccc2)Nc2ccccc21. The van der Waals surface area contributed by atoms with Crippen molar-refractivity contribution in [2.45, 2.75) is 5.37 Å². The molecule has 1 aliphatic rings. The fraction of sp³-hybridized carbons (Fsp3) is 0.0714. The minimum atomic E-state index is 0.221. The van der Waals surface area contributed by atoms with Crippen LogP contribution in [0.2, 0.25) is 0 Å². The van der Waals surface area contributed by atoms with Crippen molar-refractivity contribution in [2.24, 2.45) is 0 Å². The van der Waals surface area contributed by atoms with Crippen LogP contribution < -0.4 is 5.32 Å². The summed E-state index contributed by atoms with van der Waals surface area (Å²) in [5.74, 6) is 0. The molecule has 1 heterocycles. The molecular formula is C14H11NS2. The number of hydrogen-bond acceptors (Lipinski definition) is 3. The lowest BCUT2D eigenvalue weighted by molar-refractivity contribution is 1.11. The van der Waals surface area contributed by atoms with Crippen LogP contribution in [0.25, 0.3) is 0 Å². The Labute approximate surface area is 110 Å². The Balaban J connectivity index is 1.97. The van der Waals surface area contributed by atoms with E-state index in [9.17, 15) is 0 Å². The van der Waals surface area contributed by atoms with Crippen molar-refractivity contribution >= 4 is 33.9 Å². The van der Waals surface area contributed by atoms with E-state index in [-0.39, 0.29) is 5.37 Å². The number of para-hydroxylation sites is 1. The molecule has 1 nitrogen and oxygen atoms in total. The molecule has 84 valence electrons. The smallest absolute Gasteiger partial charge is 0.103 e. The van der Waals surface area contributed by atoms with E-state index >= 15 is 0 Å². The number of hydrogen-bond donors (Lipinski definition) is 1. The molecule has 0 spiro atoms. The molecule has 0 amide bonds. The third-order valence-electron chi connectivity index (χ3n) is 2.76. The normalized spacial score (nSPS) is 18.4. The van der Waals surface area contributed by atoms with E-state index in [1.807, 2.05) is 18.2 Å². The average molecular weight is 257 g/mol. The van der Waals surface area contributed by atoms with Crippen LogP contribution in [0.15, 0.2) is 54.6 Å². The number of nitrogens with one attached hydrogen (secondary N) is 1. The Morgan fingerprint density at radius 1 is 0.941 bits per heavy atom. The maximum absolute atomic E-state index is 5.46. The van der Waals surface area contributed by atoms with Gasteiger partial charge in [-0.1, -0.05) is 72.5 Å². The summed E-state index contributed by atoms with van der Waals surface area (Å²) in [6.45, 7) is 0. The second-order valence-corrected chi connectivity index (χ2v) is 5.67. The van der Waals surface area contributed by atoms with Gasteiger partial charge >= 0.3 is 0 Å². The van der Waals surface area contributed by atoms with Gasteiger partial charge in [-0.2, -0.15) is 0 Å². The quantitative estimate of drug-likeness (QED) is 0.768. The Kier molecular flexibility index (Phi) is 2.87. The van der Waals surface area contributed by atoms with Gasteiger partial charge in [0.05, 0.1) is 4.20 Å². The van der Waals surface area contributed by atoms with Gasteiger partial charge in [-0.3, -0.25) is 0 Å². The molecule has 17 heavy (non-hydrogen) atoms. The molecule has 0 radical (unpaired) electrons. The van der Waals surface area contributed by atoms with Crippen LogP contribution in [-0.2, 0) is 0 Å². The molecule has 0 saturated carbocycles. The summed E-state index contributed by atoms with van der Waals surface area (Å²) in [5.41, 5.74) is 3.53. The molecule has 0 aliphatic carbocycles. The van der Waals surface area contributed by atoms with Crippen molar-refractivity contribution in [3.63, 3.8) is 0 Å². The lowest BCUT2D eigenvalue weighted by Crippen LogP contribution is -2.16. The third-order valence-corrected chi connectivity index (χ3v) is 4.33. The first kappa shape index (κ1) is 10.8. The van der Waals surface area contributed by atoms with E-state index in [1.54, 1.807) is 11.8 Å². The van der Waals surface area contributed by atoms with Crippen molar-refractivity contribution in [1.29, 1.82) is 0 Å². The number of anilines is 1. The molecule has 2 aromatic rings. The lowest BCUT2D eigenvalue weighted by Gasteiger charge is -2.27. The summed E-state index contributed by atoms with van der Waals surface area (Å²) in [5, 5.41) is 3.74. The molecule has 3 rings (SSSR count). The van der Waals surface area contributed by atoms with E-state index in [0.29, 0.717) is 0 Å². The lowest BCUT2D eigenvalue weighted by atomic mass is 10.1. The van der Waals surface area contributed by atoms with Gasteiger partial charge < -0.3 is 5.32 Å². The van der Waals surface area contributed by atoms with Crippen molar-refractivity contribution in [1.82, 2.24) is 0 Å². The van der Waals surface area contributed by atoms with Crippen molar-refractivity contribution in [2.75, 3.05) is 5.32 Å². The van der Waals surface area contributed by atoms with Crippen LogP contribution in [0.3, 0.4) is 0 Å². The Morgan fingerprint density at radius 3 is 2.47 bits per heavy atom.